The normalized spacial score (nSPS) is 12.8. The first kappa shape index (κ1) is 20.5. The van der Waals surface area contributed by atoms with Crippen LogP contribution >= 0.6 is 11.6 Å². The Hall–Kier alpha value is -2.80. The second-order valence-corrected chi connectivity index (χ2v) is 5.67. The Bertz CT molecular complexity index is 875. The third kappa shape index (κ3) is 5.34. The topological polar surface area (TPSA) is 58.9 Å². The van der Waals surface area contributed by atoms with Gasteiger partial charge in [0.25, 0.3) is 0 Å². The standard InChI is InChI=1S/C19H15ClF3NO3/c1-2-27-18(26)15(17(25)14-5-3-4-6-16(14)20)11-24-13-9-7-12(8-10-13)19(21,22)23/h3-11,25H,2H2,1H3. The molecule has 0 unspecified atom stereocenters. The number of benzene rings is 2. The van der Waals surface area contributed by atoms with Crippen LogP contribution in [0.5, 0.6) is 0 Å². The van der Waals surface area contributed by atoms with Crippen molar-refractivity contribution in [1.82, 2.24) is 0 Å². The number of hydrogen-bond donors (Lipinski definition) is 1. The highest BCUT2D eigenvalue weighted by Gasteiger charge is 2.29. The number of aliphatic imine (C=N–C) groups is 1. The maximum Gasteiger partial charge on any atom is 0.416 e. The third-order valence-corrected chi connectivity index (χ3v) is 3.75. The van der Waals surface area contributed by atoms with Gasteiger partial charge in [0.05, 0.1) is 22.9 Å². The Morgan fingerprint density at radius 3 is 2.37 bits per heavy atom. The maximum atomic E-state index is 12.6. The monoisotopic (exact) mass is 397 g/mol. The summed E-state index contributed by atoms with van der Waals surface area (Å²) in [6.45, 7) is 1.65. The van der Waals surface area contributed by atoms with Gasteiger partial charge in [-0.15, -0.1) is 0 Å². The number of hydrogen-bond acceptors (Lipinski definition) is 4. The van der Waals surface area contributed by atoms with Gasteiger partial charge in [0.2, 0.25) is 0 Å². The molecule has 0 aromatic heterocycles. The lowest BCUT2D eigenvalue weighted by atomic mass is 10.1. The zero-order valence-corrected chi connectivity index (χ0v) is 14.9. The van der Waals surface area contributed by atoms with Gasteiger partial charge in [-0.2, -0.15) is 13.2 Å². The summed E-state index contributed by atoms with van der Waals surface area (Å²) in [6, 6.07) is 10.3. The van der Waals surface area contributed by atoms with Crippen LogP contribution < -0.4 is 0 Å². The second kappa shape index (κ2) is 8.73. The van der Waals surface area contributed by atoms with Crippen LogP contribution in [0, 0.1) is 0 Å². The SMILES string of the molecule is CCOC(=O)C(C=Nc1ccc(C(F)(F)F)cc1)=C(O)c1ccccc1Cl. The predicted molar refractivity (Wildman–Crippen MR) is 97.2 cm³/mol. The molecule has 1 N–H and O–H groups in total. The van der Waals surface area contributed by atoms with E-state index >= 15 is 0 Å². The highest BCUT2D eigenvalue weighted by molar-refractivity contribution is 6.32. The maximum absolute atomic E-state index is 12.6. The summed E-state index contributed by atoms with van der Waals surface area (Å²) >= 11 is 6.02. The van der Waals surface area contributed by atoms with Gasteiger partial charge in [0.15, 0.2) is 0 Å². The van der Waals surface area contributed by atoms with Crippen molar-refractivity contribution in [2.45, 2.75) is 13.1 Å². The molecule has 0 saturated heterocycles. The molecule has 0 radical (unpaired) electrons. The Balaban J connectivity index is 2.41. The van der Waals surface area contributed by atoms with Crippen LogP contribution in [-0.2, 0) is 15.7 Å². The van der Waals surface area contributed by atoms with E-state index < -0.39 is 23.5 Å². The quantitative estimate of drug-likeness (QED) is 0.309. The first-order valence-electron chi connectivity index (χ1n) is 7.80. The molecule has 0 aliphatic heterocycles. The number of nitrogens with zero attached hydrogens (tertiary/aromatic N) is 1. The summed E-state index contributed by atoms with van der Waals surface area (Å²) < 4.78 is 42.7. The number of carbonyl (C=O) groups excluding carboxylic acids is 1. The largest absolute Gasteiger partial charge is 0.506 e. The fraction of sp³-hybridized carbons (Fsp3) is 0.158. The summed E-state index contributed by atoms with van der Waals surface area (Å²) in [5.74, 6) is -1.29. The number of carbonyl (C=O) groups is 1. The van der Waals surface area contributed by atoms with Crippen LogP contribution in [0.3, 0.4) is 0 Å². The first-order valence-corrected chi connectivity index (χ1v) is 8.18. The minimum absolute atomic E-state index is 0.0618. The Kier molecular flexibility index (Phi) is 6.63. The number of rotatable bonds is 5. The fourth-order valence-electron chi connectivity index (χ4n) is 2.09. The number of aliphatic hydroxyl groups is 1. The molecule has 2 rings (SSSR count). The van der Waals surface area contributed by atoms with Crippen LogP contribution in [0.25, 0.3) is 5.76 Å². The average molecular weight is 398 g/mol. The minimum atomic E-state index is -4.46. The Morgan fingerprint density at radius 2 is 1.81 bits per heavy atom. The van der Waals surface area contributed by atoms with Crippen molar-refractivity contribution in [2.75, 3.05) is 6.61 Å². The van der Waals surface area contributed by atoms with E-state index in [9.17, 15) is 23.1 Å². The van der Waals surface area contributed by atoms with Crippen molar-refractivity contribution in [3.8, 4) is 0 Å². The van der Waals surface area contributed by atoms with Crippen molar-refractivity contribution >= 4 is 35.2 Å². The van der Waals surface area contributed by atoms with Gasteiger partial charge in [-0.3, -0.25) is 4.99 Å². The van der Waals surface area contributed by atoms with E-state index in [0.717, 1.165) is 30.5 Å². The van der Waals surface area contributed by atoms with E-state index in [1.54, 1.807) is 19.1 Å². The molecule has 4 nitrogen and oxygen atoms in total. The summed E-state index contributed by atoms with van der Waals surface area (Å²) in [6.07, 6.45) is -3.43. The first-order chi connectivity index (χ1) is 12.7. The molecule has 2 aromatic rings. The smallest absolute Gasteiger partial charge is 0.416 e. The van der Waals surface area contributed by atoms with Crippen molar-refractivity contribution in [1.29, 1.82) is 0 Å². The van der Waals surface area contributed by atoms with Gasteiger partial charge in [-0.05, 0) is 43.3 Å². The molecule has 0 saturated carbocycles. The van der Waals surface area contributed by atoms with E-state index in [1.807, 2.05) is 0 Å². The Morgan fingerprint density at radius 1 is 1.19 bits per heavy atom. The number of aliphatic hydroxyl groups excluding tert-OH is 1. The van der Waals surface area contributed by atoms with E-state index in [1.165, 1.54) is 12.1 Å². The molecular formula is C19H15ClF3NO3. The summed E-state index contributed by atoms with van der Waals surface area (Å²) in [4.78, 5) is 16.1. The molecule has 0 aliphatic carbocycles. The van der Waals surface area contributed by atoms with E-state index in [2.05, 4.69) is 4.99 Å². The van der Waals surface area contributed by atoms with Gasteiger partial charge in [-0.1, -0.05) is 23.7 Å². The summed E-state index contributed by atoms with van der Waals surface area (Å²) in [7, 11) is 0. The third-order valence-electron chi connectivity index (χ3n) is 3.42. The molecule has 142 valence electrons. The second-order valence-electron chi connectivity index (χ2n) is 5.27. The van der Waals surface area contributed by atoms with Crippen LogP contribution in [0.1, 0.15) is 18.1 Å². The highest BCUT2D eigenvalue weighted by Crippen LogP contribution is 2.30. The molecule has 8 heteroatoms. The molecular weight excluding hydrogens is 383 g/mol. The molecule has 0 bridgehead atoms. The highest BCUT2D eigenvalue weighted by atomic mass is 35.5. The van der Waals surface area contributed by atoms with E-state index in [4.69, 9.17) is 16.3 Å². The van der Waals surface area contributed by atoms with Crippen molar-refractivity contribution in [3.05, 3.63) is 70.3 Å². The summed E-state index contributed by atoms with van der Waals surface area (Å²) in [5.41, 5.74) is -0.732. The predicted octanol–water partition coefficient (Wildman–Crippen LogP) is 5.59. The number of esters is 1. The van der Waals surface area contributed by atoms with Crippen LogP contribution in [-0.4, -0.2) is 23.9 Å². The number of alkyl halides is 3. The van der Waals surface area contributed by atoms with Crippen LogP contribution in [0.15, 0.2) is 59.1 Å². The average Bonchev–Trinajstić information content (AvgIpc) is 2.62. The van der Waals surface area contributed by atoms with Crippen molar-refractivity contribution in [2.24, 2.45) is 4.99 Å². The van der Waals surface area contributed by atoms with Crippen LogP contribution in [0.4, 0.5) is 18.9 Å². The molecule has 0 spiro atoms. The van der Waals surface area contributed by atoms with Crippen molar-refractivity contribution < 1.29 is 27.8 Å². The van der Waals surface area contributed by atoms with Gasteiger partial charge < -0.3 is 9.84 Å². The lowest BCUT2D eigenvalue weighted by Crippen LogP contribution is -2.11. The van der Waals surface area contributed by atoms with E-state index in [0.29, 0.717) is 0 Å². The molecule has 0 aliphatic rings. The number of halogens is 4. The van der Waals surface area contributed by atoms with Gasteiger partial charge in [-0.25, -0.2) is 4.79 Å². The van der Waals surface area contributed by atoms with Gasteiger partial charge in [0.1, 0.15) is 11.3 Å². The molecule has 0 heterocycles. The molecule has 0 amide bonds. The zero-order valence-electron chi connectivity index (χ0n) is 14.1. The van der Waals surface area contributed by atoms with Gasteiger partial charge >= 0.3 is 12.1 Å². The fourth-order valence-corrected chi connectivity index (χ4v) is 2.32. The van der Waals surface area contributed by atoms with Gasteiger partial charge in [0, 0.05) is 11.8 Å². The lowest BCUT2D eigenvalue weighted by Gasteiger charge is -2.08. The molecule has 0 fully saturated rings. The molecule has 2 aromatic carbocycles. The Labute approximate surface area is 158 Å². The summed E-state index contributed by atoms with van der Waals surface area (Å²) in [5, 5.41) is 10.6. The van der Waals surface area contributed by atoms with E-state index in [-0.39, 0.29) is 28.5 Å². The number of ether oxygens (including phenoxy) is 1. The zero-order chi connectivity index (χ0) is 20.0. The van der Waals surface area contributed by atoms with Crippen LogP contribution in [0.2, 0.25) is 5.02 Å². The lowest BCUT2D eigenvalue weighted by molar-refractivity contribution is -0.138. The minimum Gasteiger partial charge on any atom is -0.506 e. The molecule has 0 atom stereocenters. The van der Waals surface area contributed by atoms with Crippen molar-refractivity contribution in [3.63, 3.8) is 0 Å². The molecule has 27 heavy (non-hydrogen) atoms.